The number of allylic oxidation sites excluding steroid dienone is 2. The maximum Gasteiger partial charge on any atom is 0.232 e. The van der Waals surface area contributed by atoms with Gasteiger partial charge in [0.2, 0.25) is 5.91 Å². The van der Waals surface area contributed by atoms with Crippen molar-refractivity contribution in [3.63, 3.8) is 0 Å². The molecule has 0 aromatic heterocycles. The molecule has 27 heavy (non-hydrogen) atoms. The second kappa shape index (κ2) is 7.03. The van der Waals surface area contributed by atoms with E-state index in [2.05, 4.69) is 6.07 Å². The first-order chi connectivity index (χ1) is 13.1. The molecule has 0 fully saturated rings. The molecule has 0 spiro atoms. The molecular formula is C23H23NO3. The number of methoxy groups -OCH3 is 1. The Morgan fingerprint density at radius 3 is 2.63 bits per heavy atom. The minimum atomic E-state index is -0.151. The molecule has 1 aliphatic carbocycles. The van der Waals surface area contributed by atoms with Gasteiger partial charge in [0.1, 0.15) is 5.75 Å². The number of anilines is 1. The highest BCUT2D eigenvalue weighted by molar-refractivity contribution is 6.07. The smallest absolute Gasteiger partial charge is 0.232 e. The number of hydrogen-bond acceptors (Lipinski definition) is 3. The fourth-order valence-electron chi connectivity index (χ4n) is 4.21. The molecule has 0 saturated carbocycles. The summed E-state index contributed by atoms with van der Waals surface area (Å²) in [6.45, 7) is 2.04. The molecule has 1 unspecified atom stereocenters. The molecule has 0 radical (unpaired) electrons. The first kappa shape index (κ1) is 17.5. The number of Topliss-reactive ketones (excluding diaryl/α,β-unsaturated/α-hetero) is 1. The van der Waals surface area contributed by atoms with E-state index in [9.17, 15) is 9.59 Å². The number of hydrogen-bond donors (Lipinski definition) is 0. The monoisotopic (exact) mass is 361 g/mol. The number of carbonyl (C=O) groups excluding carboxylic acids is 2. The predicted octanol–water partition coefficient (Wildman–Crippen LogP) is 4.53. The number of ketones is 1. The van der Waals surface area contributed by atoms with Gasteiger partial charge in [-0.2, -0.15) is 0 Å². The van der Waals surface area contributed by atoms with Crippen molar-refractivity contribution in [2.24, 2.45) is 0 Å². The van der Waals surface area contributed by atoms with Gasteiger partial charge in [0.15, 0.2) is 5.78 Å². The van der Waals surface area contributed by atoms with E-state index in [1.807, 2.05) is 49.4 Å². The van der Waals surface area contributed by atoms with E-state index in [1.54, 1.807) is 12.0 Å². The van der Waals surface area contributed by atoms with Crippen LogP contribution in [0.5, 0.6) is 5.75 Å². The van der Waals surface area contributed by atoms with Gasteiger partial charge in [-0.05, 0) is 37.5 Å². The van der Waals surface area contributed by atoms with Gasteiger partial charge < -0.3 is 4.74 Å². The summed E-state index contributed by atoms with van der Waals surface area (Å²) in [5, 5.41) is 0. The van der Waals surface area contributed by atoms with Crippen molar-refractivity contribution in [2.75, 3.05) is 12.0 Å². The van der Waals surface area contributed by atoms with Crippen molar-refractivity contribution in [3.8, 4) is 5.75 Å². The van der Waals surface area contributed by atoms with E-state index in [0.29, 0.717) is 18.6 Å². The Labute approximate surface area is 159 Å². The normalized spacial score (nSPS) is 19.9. The van der Waals surface area contributed by atoms with Gasteiger partial charge in [-0.15, -0.1) is 0 Å². The molecule has 2 aromatic rings. The number of amides is 1. The summed E-state index contributed by atoms with van der Waals surface area (Å²) in [7, 11) is 1.61. The van der Waals surface area contributed by atoms with Gasteiger partial charge in [0.05, 0.1) is 12.8 Å². The highest BCUT2D eigenvalue weighted by atomic mass is 16.5. The quantitative estimate of drug-likeness (QED) is 0.807. The standard InChI is InChI=1S/C23H23NO3/c1-15-6-3-7-16(12-15)19-14-22(26)24(17-8-4-9-18(13-17)27-2)20-10-5-11-21(25)23(19)20/h3-4,6-9,12-13,19H,5,10-11,14H2,1-2H3. The van der Waals surface area contributed by atoms with Gasteiger partial charge in [0, 0.05) is 36.1 Å². The minimum Gasteiger partial charge on any atom is -0.497 e. The molecule has 138 valence electrons. The van der Waals surface area contributed by atoms with Crippen LogP contribution in [-0.4, -0.2) is 18.8 Å². The summed E-state index contributed by atoms with van der Waals surface area (Å²) in [5.41, 5.74) is 4.64. The van der Waals surface area contributed by atoms with Gasteiger partial charge in [0.25, 0.3) is 0 Å². The number of benzene rings is 2. The second-order valence-electron chi connectivity index (χ2n) is 7.24. The lowest BCUT2D eigenvalue weighted by Crippen LogP contribution is -2.40. The van der Waals surface area contributed by atoms with Gasteiger partial charge in [-0.3, -0.25) is 14.5 Å². The Kier molecular flexibility index (Phi) is 4.56. The molecule has 1 atom stereocenters. The average molecular weight is 361 g/mol. The van der Waals surface area contributed by atoms with Gasteiger partial charge in [-0.1, -0.05) is 35.9 Å². The van der Waals surface area contributed by atoms with E-state index in [0.717, 1.165) is 40.9 Å². The van der Waals surface area contributed by atoms with E-state index in [1.165, 1.54) is 0 Å². The number of ether oxygens (including phenoxy) is 1. The van der Waals surface area contributed by atoms with Crippen molar-refractivity contribution < 1.29 is 14.3 Å². The van der Waals surface area contributed by atoms with E-state index in [-0.39, 0.29) is 17.6 Å². The zero-order valence-electron chi connectivity index (χ0n) is 15.7. The van der Waals surface area contributed by atoms with Crippen molar-refractivity contribution in [1.82, 2.24) is 0 Å². The lowest BCUT2D eigenvalue weighted by molar-refractivity contribution is -0.119. The van der Waals surface area contributed by atoms with E-state index >= 15 is 0 Å². The Morgan fingerprint density at radius 1 is 1.04 bits per heavy atom. The fourth-order valence-corrected chi connectivity index (χ4v) is 4.21. The molecule has 1 amide bonds. The van der Waals surface area contributed by atoms with Crippen LogP contribution in [0.3, 0.4) is 0 Å². The summed E-state index contributed by atoms with van der Waals surface area (Å²) in [5.74, 6) is 0.749. The topological polar surface area (TPSA) is 46.6 Å². The predicted molar refractivity (Wildman–Crippen MR) is 105 cm³/mol. The van der Waals surface area contributed by atoms with E-state index in [4.69, 9.17) is 4.74 Å². The van der Waals surface area contributed by atoms with Crippen LogP contribution >= 0.6 is 0 Å². The van der Waals surface area contributed by atoms with Crippen molar-refractivity contribution in [2.45, 2.75) is 38.5 Å². The molecule has 0 bridgehead atoms. The summed E-state index contributed by atoms with van der Waals surface area (Å²) >= 11 is 0. The average Bonchev–Trinajstić information content (AvgIpc) is 2.67. The van der Waals surface area contributed by atoms with Crippen LogP contribution in [0.15, 0.2) is 59.8 Å². The zero-order valence-corrected chi connectivity index (χ0v) is 15.7. The lowest BCUT2D eigenvalue weighted by atomic mass is 9.77. The molecule has 1 aliphatic heterocycles. The van der Waals surface area contributed by atoms with Crippen LogP contribution in [0, 0.1) is 6.92 Å². The summed E-state index contributed by atoms with van der Waals surface area (Å²) in [6.07, 6.45) is 2.39. The third-order valence-corrected chi connectivity index (χ3v) is 5.43. The summed E-state index contributed by atoms with van der Waals surface area (Å²) < 4.78 is 5.32. The number of carbonyl (C=O) groups is 2. The number of nitrogens with zero attached hydrogens (tertiary/aromatic N) is 1. The van der Waals surface area contributed by atoms with Crippen molar-refractivity contribution in [3.05, 3.63) is 70.9 Å². The van der Waals surface area contributed by atoms with Crippen LogP contribution in [-0.2, 0) is 9.59 Å². The second-order valence-corrected chi connectivity index (χ2v) is 7.24. The Hall–Kier alpha value is -2.88. The maximum absolute atomic E-state index is 13.2. The van der Waals surface area contributed by atoms with Gasteiger partial charge in [-0.25, -0.2) is 0 Å². The Bertz CT molecular complexity index is 944. The Morgan fingerprint density at radius 2 is 1.85 bits per heavy atom. The summed E-state index contributed by atoms with van der Waals surface area (Å²) in [6, 6.07) is 15.6. The minimum absolute atomic E-state index is 0.0307. The lowest BCUT2D eigenvalue weighted by Gasteiger charge is -2.38. The molecule has 4 heteroatoms. The molecule has 0 saturated heterocycles. The first-order valence-electron chi connectivity index (χ1n) is 9.38. The van der Waals surface area contributed by atoms with Crippen LogP contribution in [0.25, 0.3) is 0 Å². The molecule has 2 aliphatic rings. The third-order valence-electron chi connectivity index (χ3n) is 5.43. The number of rotatable bonds is 3. The fraction of sp³-hybridized carbons (Fsp3) is 0.304. The molecule has 1 heterocycles. The summed E-state index contributed by atoms with van der Waals surface area (Å²) in [4.78, 5) is 27.8. The van der Waals surface area contributed by atoms with Crippen molar-refractivity contribution in [1.29, 1.82) is 0 Å². The largest absolute Gasteiger partial charge is 0.497 e. The van der Waals surface area contributed by atoms with Crippen molar-refractivity contribution >= 4 is 17.4 Å². The van der Waals surface area contributed by atoms with Gasteiger partial charge >= 0.3 is 0 Å². The molecular weight excluding hydrogens is 338 g/mol. The van der Waals surface area contributed by atoms with Crippen LogP contribution in [0.1, 0.15) is 42.7 Å². The number of aryl methyl sites for hydroxylation is 1. The third kappa shape index (κ3) is 3.16. The first-order valence-corrected chi connectivity index (χ1v) is 9.38. The zero-order chi connectivity index (χ0) is 19.0. The van der Waals surface area contributed by atoms with Crippen LogP contribution in [0.2, 0.25) is 0 Å². The van der Waals surface area contributed by atoms with E-state index < -0.39 is 0 Å². The molecule has 2 aromatic carbocycles. The SMILES string of the molecule is COc1cccc(N2C(=O)CC(c3cccc(C)c3)C3=C2CCCC3=O)c1. The molecule has 4 nitrogen and oxygen atoms in total. The van der Waals surface area contributed by atoms with Crippen LogP contribution in [0.4, 0.5) is 5.69 Å². The maximum atomic E-state index is 13.2. The molecule has 0 N–H and O–H groups in total. The Balaban J connectivity index is 1.85. The molecule has 4 rings (SSSR count). The highest BCUT2D eigenvalue weighted by Crippen LogP contribution is 2.43. The van der Waals surface area contributed by atoms with Crippen LogP contribution < -0.4 is 9.64 Å². The highest BCUT2D eigenvalue weighted by Gasteiger charge is 2.39.